The van der Waals surface area contributed by atoms with E-state index in [-0.39, 0.29) is 62.3 Å². The fourth-order valence-corrected chi connectivity index (χ4v) is 12.3. The predicted molar refractivity (Wildman–Crippen MR) is 165 cm³/mol. The van der Waals surface area contributed by atoms with Crippen LogP contribution in [0.25, 0.3) is 0 Å². The van der Waals surface area contributed by atoms with Crippen molar-refractivity contribution >= 4 is 5.97 Å². The molecule has 0 radical (unpaired) electrons. The summed E-state index contributed by atoms with van der Waals surface area (Å²) in [4.78, 5) is 13.2. The highest BCUT2D eigenvalue weighted by Crippen LogP contribution is 2.76. The van der Waals surface area contributed by atoms with Crippen molar-refractivity contribution in [3.05, 3.63) is 29.8 Å². The fourth-order valence-electron chi connectivity index (χ4n) is 12.3. The van der Waals surface area contributed by atoms with Gasteiger partial charge >= 0.3 is 5.97 Å². The Balaban J connectivity index is 1.27. The van der Waals surface area contributed by atoms with E-state index in [0.717, 1.165) is 57.8 Å². The molecule has 0 amide bonds. The lowest BCUT2D eigenvalue weighted by molar-refractivity contribution is -0.257. The van der Waals surface area contributed by atoms with E-state index in [1.54, 1.807) is 24.3 Å². The molecule has 0 bridgehead atoms. The molecule has 4 saturated carbocycles. The van der Waals surface area contributed by atoms with Crippen molar-refractivity contribution in [1.29, 1.82) is 0 Å². The summed E-state index contributed by atoms with van der Waals surface area (Å²) in [5.41, 5.74) is 0.0387. The van der Waals surface area contributed by atoms with Crippen LogP contribution in [0.3, 0.4) is 0 Å². The summed E-state index contributed by atoms with van der Waals surface area (Å²) in [6.07, 6.45) is 10.1. The Hall–Kier alpha value is -1.59. The first-order valence-electron chi connectivity index (χ1n) is 16.9. The van der Waals surface area contributed by atoms with Gasteiger partial charge in [0.05, 0.1) is 17.3 Å². The minimum absolute atomic E-state index is 0.0284. The van der Waals surface area contributed by atoms with Gasteiger partial charge in [-0.1, -0.05) is 46.8 Å². The number of carbonyl (C=O) groups is 1. The Morgan fingerprint density at radius 1 is 0.857 bits per heavy atom. The van der Waals surface area contributed by atoms with Gasteiger partial charge in [0, 0.05) is 5.41 Å². The number of aliphatic hydroxyl groups excluding tert-OH is 1. The van der Waals surface area contributed by atoms with Crippen LogP contribution in [-0.4, -0.2) is 39.6 Å². The molecule has 10 atom stereocenters. The minimum Gasteiger partial charge on any atom is -0.507 e. The first kappa shape index (κ1) is 30.4. The number of phenols is 1. The zero-order valence-corrected chi connectivity index (χ0v) is 27.5. The van der Waals surface area contributed by atoms with Crippen molar-refractivity contribution in [1.82, 2.24) is 0 Å². The molecule has 4 unspecified atom stereocenters. The third-order valence-electron chi connectivity index (χ3n) is 14.4. The number of fused-ring (bicyclic) bond motifs is 5. The van der Waals surface area contributed by atoms with Gasteiger partial charge in [0.15, 0.2) is 0 Å². The first-order chi connectivity index (χ1) is 19.5. The summed E-state index contributed by atoms with van der Waals surface area (Å²) in [6.45, 7) is 19.0. The Morgan fingerprint density at radius 3 is 2.24 bits per heavy atom. The zero-order valence-electron chi connectivity index (χ0n) is 27.5. The number of para-hydroxylation sites is 1. The lowest BCUT2D eigenvalue weighted by Gasteiger charge is -2.70. The standard InChI is InChI=1S/C37H56O5/c1-32(2)17-11-18-37(8,42-32)24-14-20-36(7)30(24)26(39)22-28-34(5)19-16-29(33(3,4)27(34)15-21-35(28,36)6)41-31(40)23-12-9-10-13-25(23)38/h9-10,12-13,24,26-30,38-39H,11,14-22H2,1-8H3/t24?,26-,27?,28?,29+,30?,34+,35-,36-,37-/m1/s1. The molecule has 5 nitrogen and oxygen atoms in total. The van der Waals surface area contributed by atoms with E-state index in [9.17, 15) is 15.0 Å². The van der Waals surface area contributed by atoms with Gasteiger partial charge in [-0.3, -0.25) is 0 Å². The second-order valence-electron chi connectivity index (χ2n) is 17.3. The van der Waals surface area contributed by atoms with E-state index in [1.807, 2.05) is 0 Å². The van der Waals surface area contributed by atoms with Crippen molar-refractivity contribution in [2.75, 3.05) is 0 Å². The Morgan fingerprint density at radius 2 is 1.55 bits per heavy atom. The lowest BCUT2D eigenvalue weighted by Crippen LogP contribution is -2.67. The number of hydrogen-bond donors (Lipinski definition) is 2. The molecule has 5 aliphatic rings. The van der Waals surface area contributed by atoms with E-state index in [0.29, 0.717) is 17.8 Å². The maximum atomic E-state index is 13.2. The topological polar surface area (TPSA) is 76.0 Å². The largest absolute Gasteiger partial charge is 0.507 e. The highest BCUT2D eigenvalue weighted by atomic mass is 16.5. The summed E-state index contributed by atoms with van der Waals surface area (Å²) < 4.78 is 13.1. The number of hydrogen-bond acceptors (Lipinski definition) is 5. The molecule has 1 saturated heterocycles. The molecule has 1 aromatic carbocycles. The van der Waals surface area contributed by atoms with Gasteiger partial charge in [0.1, 0.15) is 17.4 Å². The quantitative estimate of drug-likeness (QED) is 0.352. The number of benzene rings is 1. The molecule has 5 fully saturated rings. The number of phenolic OH excluding ortho intramolecular Hbond substituents is 1. The van der Waals surface area contributed by atoms with Crippen LogP contribution < -0.4 is 0 Å². The number of ether oxygens (including phenoxy) is 2. The van der Waals surface area contributed by atoms with Crippen LogP contribution in [0.2, 0.25) is 0 Å². The molecular formula is C37H56O5. The van der Waals surface area contributed by atoms with E-state index in [2.05, 4.69) is 55.4 Å². The van der Waals surface area contributed by atoms with Gasteiger partial charge in [-0.05, 0) is 137 Å². The number of aliphatic hydroxyl groups is 1. The van der Waals surface area contributed by atoms with Gasteiger partial charge in [0.2, 0.25) is 0 Å². The van der Waals surface area contributed by atoms with Crippen molar-refractivity contribution in [2.24, 2.45) is 45.3 Å². The fraction of sp³-hybridized carbons (Fsp3) is 0.811. The van der Waals surface area contributed by atoms with E-state index in [4.69, 9.17) is 9.47 Å². The predicted octanol–water partition coefficient (Wildman–Crippen LogP) is 8.31. The molecule has 1 aromatic rings. The highest BCUT2D eigenvalue weighted by molar-refractivity contribution is 5.92. The third-order valence-corrected chi connectivity index (χ3v) is 14.4. The second kappa shape index (κ2) is 9.70. The molecule has 4 aliphatic carbocycles. The first-order valence-corrected chi connectivity index (χ1v) is 16.9. The summed E-state index contributed by atoms with van der Waals surface area (Å²) in [6, 6.07) is 6.66. The molecule has 1 aliphatic heterocycles. The third kappa shape index (κ3) is 4.25. The highest BCUT2D eigenvalue weighted by Gasteiger charge is 2.72. The lowest BCUT2D eigenvalue weighted by atomic mass is 9.35. The summed E-state index contributed by atoms with van der Waals surface area (Å²) in [7, 11) is 0. The van der Waals surface area contributed by atoms with E-state index in [1.165, 1.54) is 6.42 Å². The van der Waals surface area contributed by atoms with Crippen LogP contribution in [0, 0.1) is 45.3 Å². The van der Waals surface area contributed by atoms with Gasteiger partial charge in [-0.2, -0.15) is 0 Å². The van der Waals surface area contributed by atoms with Gasteiger partial charge in [0.25, 0.3) is 0 Å². The van der Waals surface area contributed by atoms with Crippen molar-refractivity contribution in [3.8, 4) is 5.75 Å². The normalized spacial score (nSPS) is 47.5. The van der Waals surface area contributed by atoms with Crippen LogP contribution in [0.1, 0.15) is 130 Å². The molecule has 0 spiro atoms. The molecular weight excluding hydrogens is 524 g/mol. The van der Waals surface area contributed by atoms with E-state index < -0.39 is 5.97 Å². The van der Waals surface area contributed by atoms with Crippen LogP contribution in [0.5, 0.6) is 5.75 Å². The van der Waals surface area contributed by atoms with Crippen LogP contribution in [-0.2, 0) is 9.47 Å². The average Bonchev–Trinajstić information content (AvgIpc) is 3.27. The molecule has 1 heterocycles. The summed E-state index contributed by atoms with van der Waals surface area (Å²) >= 11 is 0. The summed E-state index contributed by atoms with van der Waals surface area (Å²) in [5.74, 6) is 1.01. The molecule has 42 heavy (non-hydrogen) atoms. The van der Waals surface area contributed by atoms with Crippen LogP contribution in [0.15, 0.2) is 24.3 Å². The average molecular weight is 581 g/mol. The molecule has 6 rings (SSSR count). The maximum Gasteiger partial charge on any atom is 0.342 e. The van der Waals surface area contributed by atoms with E-state index >= 15 is 0 Å². The van der Waals surface area contributed by atoms with Crippen LogP contribution in [0.4, 0.5) is 0 Å². The molecule has 0 aromatic heterocycles. The van der Waals surface area contributed by atoms with Crippen molar-refractivity contribution in [2.45, 2.75) is 143 Å². The molecule has 2 N–H and O–H groups in total. The molecule has 5 heteroatoms. The molecule has 234 valence electrons. The minimum atomic E-state index is -0.433. The number of rotatable bonds is 3. The Bertz CT molecular complexity index is 1220. The van der Waals surface area contributed by atoms with Crippen molar-refractivity contribution in [3.63, 3.8) is 0 Å². The van der Waals surface area contributed by atoms with Gasteiger partial charge < -0.3 is 19.7 Å². The Labute approximate surface area is 254 Å². The second-order valence-corrected chi connectivity index (χ2v) is 17.3. The van der Waals surface area contributed by atoms with Crippen molar-refractivity contribution < 1.29 is 24.5 Å². The van der Waals surface area contributed by atoms with Crippen LogP contribution >= 0.6 is 0 Å². The van der Waals surface area contributed by atoms with Gasteiger partial charge in [-0.15, -0.1) is 0 Å². The maximum absolute atomic E-state index is 13.2. The Kier molecular flexibility index (Phi) is 7.03. The number of esters is 1. The summed E-state index contributed by atoms with van der Waals surface area (Å²) in [5, 5.41) is 22.4. The van der Waals surface area contributed by atoms with Gasteiger partial charge in [-0.25, -0.2) is 4.79 Å². The monoisotopic (exact) mass is 580 g/mol. The zero-order chi connectivity index (χ0) is 30.5. The SMILES string of the molecule is CC1(C)CCC[C@](C)(C2CC[C@]3(C)C2[C@H](O)CC2[C@@]4(C)CC[C@H](OC(=O)c5ccccc5O)C(C)(C)C4CC[C@]23C)O1. The smallest absolute Gasteiger partial charge is 0.342 e. The number of aromatic hydroxyl groups is 1. The number of carbonyl (C=O) groups excluding carboxylic acids is 1.